The fraction of sp³-hybridized carbons (Fsp3) is 0.225. The van der Waals surface area contributed by atoms with Crippen LogP contribution in [-0.4, -0.2) is 22.8 Å². The van der Waals surface area contributed by atoms with Crippen LogP contribution in [0.4, 0.5) is 0 Å². The summed E-state index contributed by atoms with van der Waals surface area (Å²) in [5.74, 6) is 1.29. The van der Waals surface area contributed by atoms with Crippen molar-refractivity contribution in [3.63, 3.8) is 0 Å². The van der Waals surface area contributed by atoms with Gasteiger partial charge in [-0.25, -0.2) is 4.79 Å². The van der Waals surface area contributed by atoms with Crippen LogP contribution in [0.2, 0.25) is 0 Å². The summed E-state index contributed by atoms with van der Waals surface area (Å²) in [5.41, 5.74) is 5.47. The van der Waals surface area contributed by atoms with E-state index in [1.165, 1.54) is 11.1 Å². The molecular formula is C40H40O4S2. The predicted octanol–water partition coefficient (Wildman–Crippen LogP) is 9.48. The van der Waals surface area contributed by atoms with Gasteiger partial charge < -0.3 is 14.2 Å². The van der Waals surface area contributed by atoms with Crippen LogP contribution in [0.15, 0.2) is 152 Å². The minimum Gasteiger partial charge on any atom is -0.459 e. The van der Waals surface area contributed by atoms with Gasteiger partial charge in [0.05, 0.1) is 23.9 Å². The lowest BCUT2D eigenvalue weighted by Crippen LogP contribution is -2.41. The molecule has 0 amide bonds. The Bertz CT molecular complexity index is 1490. The molecule has 0 heterocycles. The fourth-order valence-electron chi connectivity index (χ4n) is 4.86. The van der Waals surface area contributed by atoms with Crippen LogP contribution in [-0.2, 0) is 50.3 Å². The number of benzene rings is 5. The van der Waals surface area contributed by atoms with Crippen molar-refractivity contribution >= 4 is 29.5 Å². The van der Waals surface area contributed by atoms with Crippen LogP contribution in [0.3, 0.4) is 0 Å². The molecule has 0 bridgehead atoms. The van der Waals surface area contributed by atoms with E-state index < -0.39 is 18.2 Å². The summed E-state index contributed by atoms with van der Waals surface area (Å²) < 4.78 is 19.1. The topological polar surface area (TPSA) is 44.8 Å². The fourth-order valence-corrected chi connectivity index (χ4v) is 7.44. The first-order valence-corrected chi connectivity index (χ1v) is 17.7. The molecule has 0 unspecified atom stereocenters. The minimum atomic E-state index is -0.912. The number of hydrogen-bond donors (Lipinski definition) is 0. The van der Waals surface area contributed by atoms with Gasteiger partial charge in [0.15, 0.2) is 6.10 Å². The molecule has 0 spiro atoms. The monoisotopic (exact) mass is 648 g/mol. The van der Waals surface area contributed by atoms with E-state index in [-0.39, 0.29) is 17.8 Å². The smallest absolute Gasteiger partial charge is 0.338 e. The number of thioether (sulfide) groups is 2. The second-order valence-electron chi connectivity index (χ2n) is 10.9. The molecule has 0 aliphatic rings. The van der Waals surface area contributed by atoms with Crippen molar-refractivity contribution in [2.75, 3.05) is 0 Å². The quantitative estimate of drug-likeness (QED) is 0.0697. The molecule has 4 nitrogen and oxygen atoms in total. The molecular weight excluding hydrogens is 609 g/mol. The lowest BCUT2D eigenvalue weighted by Gasteiger charge is -2.29. The number of rotatable bonds is 18. The van der Waals surface area contributed by atoms with Gasteiger partial charge in [0, 0.05) is 11.5 Å². The van der Waals surface area contributed by atoms with Gasteiger partial charge in [0.2, 0.25) is 0 Å². The van der Waals surface area contributed by atoms with Gasteiger partial charge in [-0.1, -0.05) is 152 Å². The highest BCUT2D eigenvalue weighted by atomic mass is 32.2. The standard InChI is InChI=1S/C40H40O4S2/c41-40(44-29-34-20-10-3-11-21-34)39(43-28-33-18-8-2-9-19-33)37(42-27-32-16-6-1-7-17-32)26-38(45-30-35-22-12-4-13-23-35)46-31-36-24-14-5-15-25-36/h1-25,37-39H,26-31H2/t37-,39+/m1/s1. The molecule has 6 heteroatoms. The molecule has 5 aromatic carbocycles. The summed E-state index contributed by atoms with van der Waals surface area (Å²) in [6, 6.07) is 50.7. The molecule has 0 aromatic heterocycles. The van der Waals surface area contributed by atoms with E-state index in [2.05, 4.69) is 48.5 Å². The molecule has 5 aromatic rings. The van der Waals surface area contributed by atoms with Crippen LogP contribution in [0.25, 0.3) is 0 Å². The van der Waals surface area contributed by atoms with Crippen LogP contribution < -0.4 is 0 Å². The average molecular weight is 649 g/mol. The van der Waals surface area contributed by atoms with Gasteiger partial charge in [-0.15, -0.1) is 23.5 Å². The zero-order chi connectivity index (χ0) is 31.7. The minimum absolute atomic E-state index is 0.130. The highest BCUT2D eigenvalue weighted by Gasteiger charge is 2.34. The Morgan fingerprint density at radius 2 is 0.848 bits per heavy atom. The summed E-state index contributed by atoms with van der Waals surface area (Å²) in [6.07, 6.45) is -0.852. The summed E-state index contributed by atoms with van der Waals surface area (Å²) in [7, 11) is 0. The Balaban J connectivity index is 1.39. The Hall–Kier alpha value is -3.81. The third-order valence-corrected chi connectivity index (χ3v) is 10.3. The maximum atomic E-state index is 13.9. The van der Waals surface area contributed by atoms with E-state index in [0.717, 1.165) is 28.2 Å². The Labute approximate surface area is 281 Å². The van der Waals surface area contributed by atoms with Crippen LogP contribution in [0.1, 0.15) is 34.2 Å². The maximum Gasteiger partial charge on any atom is 0.338 e. The number of carbonyl (C=O) groups excluding carboxylic acids is 1. The van der Waals surface area contributed by atoms with E-state index in [4.69, 9.17) is 14.2 Å². The van der Waals surface area contributed by atoms with Crippen LogP contribution in [0, 0.1) is 0 Å². The van der Waals surface area contributed by atoms with Gasteiger partial charge in [-0.2, -0.15) is 0 Å². The lowest BCUT2D eigenvalue weighted by atomic mass is 10.1. The van der Waals surface area contributed by atoms with Crippen molar-refractivity contribution in [2.24, 2.45) is 0 Å². The summed E-state index contributed by atoms with van der Waals surface area (Å²) in [6.45, 7) is 0.809. The molecule has 2 atom stereocenters. The van der Waals surface area contributed by atoms with Crippen molar-refractivity contribution in [2.45, 2.75) is 54.5 Å². The molecule has 46 heavy (non-hydrogen) atoms. The van der Waals surface area contributed by atoms with Gasteiger partial charge in [-0.3, -0.25) is 0 Å². The summed E-state index contributed by atoms with van der Waals surface area (Å²) >= 11 is 3.75. The second kappa shape index (κ2) is 19.0. The number of esters is 1. The van der Waals surface area contributed by atoms with Crippen LogP contribution in [0.5, 0.6) is 0 Å². The lowest BCUT2D eigenvalue weighted by molar-refractivity contribution is -0.172. The van der Waals surface area contributed by atoms with Crippen molar-refractivity contribution in [1.29, 1.82) is 0 Å². The Morgan fingerprint density at radius 1 is 0.478 bits per heavy atom. The Morgan fingerprint density at radius 3 is 1.28 bits per heavy atom. The molecule has 0 N–H and O–H groups in total. The normalized spacial score (nSPS) is 12.5. The number of ether oxygens (including phenoxy) is 3. The third kappa shape index (κ3) is 11.5. The molecule has 0 saturated heterocycles. The third-order valence-electron chi connectivity index (χ3n) is 7.36. The molecule has 5 rings (SSSR count). The van der Waals surface area contributed by atoms with Crippen molar-refractivity contribution in [3.05, 3.63) is 179 Å². The first-order valence-electron chi connectivity index (χ1n) is 15.6. The molecule has 0 aliphatic carbocycles. The molecule has 0 radical (unpaired) electrons. The Kier molecular flexibility index (Phi) is 13.9. The zero-order valence-corrected chi connectivity index (χ0v) is 27.5. The summed E-state index contributed by atoms with van der Waals surface area (Å²) in [4.78, 5) is 13.9. The maximum absolute atomic E-state index is 13.9. The van der Waals surface area contributed by atoms with Gasteiger partial charge in [-0.05, 0) is 34.2 Å². The number of hydrogen-bond acceptors (Lipinski definition) is 6. The van der Waals surface area contributed by atoms with Crippen molar-refractivity contribution < 1.29 is 19.0 Å². The van der Waals surface area contributed by atoms with E-state index in [1.54, 1.807) is 0 Å². The first kappa shape index (κ1) is 33.6. The largest absolute Gasteiger partial charge is 0.459 e. The predicted molar refractivity (Wildman–Crippen MR) is 190 cm³/mol. The second-order valence-corrected chi connectivity index (χ2v) is 13.6. The highest BCUT2D eigenvalue weighted by molar-refractivity contribution is 8.16. The molecule has 0 fully saturated rings. The van der Waals surface area contributed by atoms with Gasteiger partial charge >= 0.3 is 5.97 Å². The molecule has 0 saturated carbocycles. The van der Waals surface area contributed by atoms with E-state index >= 15 is 0 Å². The first-order chi connectivity index (χ1) is 22.7. The van der Waals surface area contributed by atoms with Gasteiger partial charge in [0.25, 0.3) is 0 Å². The molecule has 0 aliphatic heterocycles. The number of carbonyl (C=O) groups is 1. The van der Waals surface area contributed by atoms with E-state index in [0.29, 0.717) is 13.0 Å². The van der Waals surface area contributed by atoms with E-state index in [9.17, 15) is 4.79 Å². The zero-order valence-electron chi connectivity index (χ0n) is 25.9. The highest BCUT2D eigenvalue weighted by Crippen LogP contribution is 2.35. The van der Waals surface area contributed by atoms with E-state index in [1.807, 2.05) is 127 Å². The van der Waals surface area contributed by atoms with Gasteiger partial charge in [0.1, 0.15) is 6.61 Å². The summed E-state index contributed by atoms with van der Waals surface area (Å²) in [5, 5.41) is 0. The van der Waals surface area contributed by atoms with Crippen molar-refractivity contribution in [1.82, 2.24) is 0 Å². The van der Waals surface area contributed by atoms with Crippen molar-refractivity contribution in [3.8, 4) is 0 Å². The molecule has 236 valence electrons. The average Bonchev–Trinajstić information content (AvgIpc) is 3.12. The SMILES string of the molecule is O=C(OCc1ccccc1)[C@@H](OCc1ccccc1)[C@@H](CC(SCc1ccccc1)SCc1ccccc1)OCc1ccccc1. The van der Waals surface area contributed by atoms with Crippen LogP contribution >= 0.6 is 23.5 Å².